The van der Waals surface area contributed by atoms with Gasteiger partial charge in [-0.3, -0.25) is 5.32 Å². The Balaban J connectivity index is 2.82. The second-order valence-electron chi connectivity index (χ2n) is 6.75. The Morgan fingerprint density at radius 3 is 2.18 bits per heavy atom. The minimum atomic E-state index is -0.805. The number of carbonyl (C=O) groups is 2. The normalized spacial score (nSPS) is 15.7. The molecule has 0 saturated carbocycles. The second-order valence-corrected chi connectivity index (χ2v) is 6.75. The van der Waals surface area contributed by atoms with Gasteiger partial charge in [-0.15, -0.1) is 4.99 Å². The van der Waals surface area contributed by atoms with Gasteiger partial charge in [-0.2, -0.15) is 5.10 Å². The van der Waals surface area contributed by atoms with Crippen LogP contribution in [0.2, 0.25) is 0 Å². The van der Waals surface area contributed by atoms with E-state index >= 15 is 0 Å². The summed E-state index contributed by atoms with van der Waals surface area (Å²) in [6.07, 6.45) is 0.850. The van der Waals surface area contributed by atoms with Gasteiger partial charge < -0.3 is 9.47 Å². The number of nitrogens with one attached hydrogen (secondary N) is 1. The van der Waals surface area contributed by atoms with E-state index < -0.39 is 23.4 Å². The lowest BCUT2D eigenvalue weighted by atomic mass is 10.2. The van der Waals surface area contributed by atoms with E-state index in [0.717, 1.165) is 0 Å². The number of amides is 2. The fraction of sp³-hybridized carbons (Fsp3) is 0.714. The number of nitrogens with zero attached hydrogens (tertiary/aromatic N) is 3. The van der Waals surface area contributed by atoms with Crippen molar-refractivity contribution in [1.82, 2.24) is 10.3 Å². The predicted octanol–water partition coefficient (Wildman–Crippen LogP) is 2.49. The zero-order valence-corrected chi connectivity index (χ0v) is 14.0. The Bertz CT molecular complexity index is 486. The van der Waals surface area contributed by atoms with Crippen molar-refractivity contribution in [2.24, 2.45) is 10.1 Å². The number of hydrogen-bond donors (Lipinski definition) is 1. The van der Waals surface area contributed by atoms with E-state index in [1.165, 1.54) is 5.01 Å². The van der Waals surface area contributed by atoms with Gasteiger partial charge in [0.1, 0.15) is 11.2 Å². The maximum absolute atomic E-state index is 11.8. The van der Waals surface area contributed by atoms with Crippen molar-refractivity contribution in [2.75, 3.05) is 6.54 Å². The number of ether oxygens (including phenoxy) is 2. The van der Waals surface area contributed by atoms with E-state index in [4.69, 9.17) is 9.47 Å². The van der Waals surface area contributed by atoms with Crippen LogP contribution in [0.5, 0.6) is 0 Å². The SMILES string of the molecule is CC(C)(C)OC(=O)N=C(NC(=O)OC(C)(C)C)N1CCC=N1. The van der Waals surface area contributed by atoms with E-state index in [1.54, 1.807) is 47.8 Å². The molecule has 1 rings (SSSR count). The van der Waals surface area contributed by atoms with Gasteiger partial charge in [0.2, 0.25) is 5.96 Å². The van der Waals surface area contributed by atoms with Crippen molar-refractivity contribution < 1.29 is 19.1 Å². The van der Waals surface area contributed by atoms with Gasteiger partial charge in [0.05, 0.1) is 0 Å². The number of carbonyl (C=O) groups excluding carboxylic acids is 2. The van der Waals surface area contributed by atoms with E-state index in [9.17, 15) is 9.59 Å². The highest BCUT2D eigenvalue weighted by molar-refractivity contribution is 5.99. The molecule has 0 atom stereocenters. The van der Waals surface area contributed by atoms with Crippen LogP contribution in [0.4, 0.5) is 9.59 Å². The smallest absolute Gasteiger partial charge is 0.437 e. The molecule has 22 heavy (non-hydrogen) atoms. The number of hydrazone groups is 1. The topological polar surface area (TPSA) is 92.6 Å². The number of hydrogen-bond acceptors (Lipinski definition) is 5. The zero-order chi connectivity index (χ0) is 17.0. The molecule has 2 amide bonds. The fourth-order valence-corrected chi connectivity index (χ4v) is 1.47. The summed E-state index contributed by atoms with van der Waals surface area (Å²) >= 11 is 0. The maximum atomic E-state index is 11.8. The van der Waals surface area contributed by atoms with Gasteiger partial charge >= 0.3 is 12.2 Å². The molecule has 8 heteroatoms. The van der Waals surface area contributed by atoms with Gasteiger partial charge in [-0.25, -0.2) is 14.6 Å². The number of rotatable bonds is 0. The minimum Gasteiger partial charge on any atom is -0.444 e. The van der Waals surface area contributed by atoms with Crippen molar-refractivity contribution in [3.05, 3.63) is 0 Å². The van der Waals surface area contributed by atoms with Crippen molar-refractivity contribution in [3.8, 4) is 0 Å². The summed E-state index contributed by atoms with van der Waals surface area (Å²) in [6, 6.07) is 0. The van der Waals surface area contributed by atoms with E-state index in [1.807, 2.05) is 0 Å². The van der Waals surface area contributed by atoms with Crippen LogP contribution in [-0.4, -0.2) is 47.1 Å². The molecular weight excluding hydrogens is 288 g/mol. The first-order valence-corrected chi connectivity index (χ1v) is 7.08. The summed E-state index contributed by atoms with van der Waals surface area (Å²) in [5, 5.41) is 7.88. The number of aliphatic imine (C=N–C) groups is 1. The third kappa shape index (κ3) is 7.05. The Hall–Kier alpha value is -2.12. The molecule has 1 N–H and O–H groups in total. The molecular formula is C14H24N4O4. The van der Waals surface area contributed by atoms with Crippen molar-refractivity contribution in [1.29, 1.82) is 0 Å². The highest BCUT2D eigenvalue weighted by Gasteiger charge is 2.23. The second kappa shape index (κ2) is 6.76. The summed E-state index contributed by atoms with van der Waals surface area (Å²) in [4.78, 5) is 27.4. The number of alkyl carbamates (subject to hydrolysis) is 1. The Kier molecular flexibility index (Phi) is 5.51. The molecule has 0 unspecified atom stereocenters. The summed E-state index contributed by atoms with van der Waals surface area (Å²) in [5.74, 6) is -0.0164. The van der Waals surface area contributed by atoms with Crippen LogP contribution in [0.15, 0.2) is 10.1 Å². The lowest BCUT2D eigenvalue weighted by Gasteiger charge is -2.22. The van der Waals surface area contributed by atoms with Crippen molar-refractivity contribution in [2.45, 2.75) is 59.2 Å². The molecule has 0 aromatic heterocycles. The molecule has 8 nitrogen and oxygen atoms in total. The average molecular weight is 312 g/mol. The van der Waals surface area contributed by atoms with Crippen LogP contribution in [0.25, 0.3) is 0 Å². The van der Waals surface area contributed by atoms with E-state index in [-0.39, 0.29) is 5.96 Å². The Morgan fingerprint density at radius 2 is 1.73 bits per heavy atom. The summed E-state index contributed by atoms with van der Waals surface area (Å²) in [5.41, 5.74) is -1.33. The first kappa shape index (κ1) is 17.9. The Morgan fingerprint density at radius 1 is 1.14 bits per heavy atom. The predicted molar refractivity (Wildman–Crippen MR) is 82.9 cm³/mol. The molecule has 0 bridgehead atoms. The molecule has 0 aromatic carbocycles. The van der Waals surface area contributed by atoms with Crippen LogP contribution in [0.1, 0.15) is 48.0 Å². The van der Waals surface area contributed by atoms with Crippen molar-refractivity contribution >= 4 is 24.4 Å². The molecule has 0 fully saturated rings. The first-order valence-electron chi connectivity index (χ1n) is 7.08. The van der Waals surface area contributed by atoms with Crippen molar-refractivity contribution in [3.63, 3.8) is 0 Å². The standard InChI is InChI=1S/C14H24N4O4/c1-13(2,3)21-11(19)16-10(18-9-7-8-15-18)17-12(20)22-14(4,5)6/h8H,7,9H2,1-6H3,(H,16,17,19,20). The molecule has 0 aliphatic carbocycles. The average Bonchev–Trinajstić information content (AvgIpc) is 2.75. The molecule has 124 valence electrons. The largest absolute Gasteiger partial charge is 0.444 e. The van der Waals surface area contributed by atoms with Crippen LogP contribution >= 0.6 is 0 Å². The summed E-state index contributed by atoms with van der Waals surface area (Å²) in [6.45, 7) is 10.9. The molecule has 1 heterocycles. The maximum Gasteiger partial charge on any atom is 0.437 e. The first-order chi connectivity index (χ1) is 9.96. The Labute approximate surface area is 130 Å². The molecule has 1 aliphatic heterocycles. The van der Waals surface area contributed by atoms with Gasteiger partial charge in [-0.1, -0.05) is 0 Å². The molecule has 1 aliphatic rings. The zero-order valence-electron chi connectivity index (χ0n) is 14.0. The number of guanidine groups is 1. The van der Waals surface area contributed by atoms with Crippen LogP contribution in [0, 0.1) is 0 Å². The summed E-state index contributed by atoms with van der Waals surface area (Å²) < 4.78 is 10.3. The lowest BCUT2D eigenvalue weighted by molar-refractivity contribution is 0.0555. The highest BCUT2D eigenvalue weighted by Crippen LogP contribution is 2.10. The fourth-order valence-electron chi connectivity index (χ4n) is 1.47. The van der Waals surface area contributed by atoms with Crippen LogP contribution in [0.3, 0.4) is 0 Å². The molecule has 0 aromatic rings. The summed E-state index contributed by atoms with van der Waals surface area (Å²) in [7, 11) is 0. The van der Waals surface area contributed by atoms with Gasteiger partial charge in [0.15, 0.2) is 0 Å². The van der Waals surface area contributed by atoms with E-state index in [0.29, 0.717) is 13.0 Å². The highest BCUT2D eigenvalue weighted by atomic mass is 16.6. The van der Waals surface area contributed by atoms with Gasteiger partial charge in [0.25, 0.3) is 0 Å². The molecule has 0 saturated heterocycles. The minimum absolute atomic E-state index is 0.0164. The lowest BCUT2D eigenvalue weighted by Crippen LogP contribution is -2.44. The quantitative estimate of drug-likeness (QED) is 0.548. The molecule has 0 spiro atoms. The van der Waals surface area contributed by atoms with Crippen LogP contribution in [-0.2, 0) is 9.47 Å². The van der Waals surface area contributed by atoms with Gasteiger partial charge in [-0.05, 0) is 41.5 Å². The third-order valence-electron chi connectivity index (χ3n) is 2.14. The monoisotopic (exact) mass is 312 g/mol. The molecule has 0 radical (unpaired) electrons. The third-order valence-corrected chi connectivity index (χ3v) is 2.14. The van der Waals surface area contributed by atoms with Gasteiger partial charge in [0, 0.05) is 19.2 Å². The van der Waals surface area contributed by atoms with Crippen LogP contribution < -0.4 is 5.32 Å². The van der Waals surface area contributed by atoms with E-state index in [2.05, 4.69) is 15.4 Å².